The molecule has 0 amide bonds. The van der Waals surface area contributed by atoms with Crippen molar-refractivity contribution in [2.45, 2.75) is 25.9 Å². The molecule has 31 heavy (non-hydrogen) atoms. The molecule has 0 aliphatic carbocycles. The number of hydrogen-bond acceptors (Lipinski definition) is 7. The van der Waals surface area contributed by atoms with Crippen LogP contribution in [0.25, 0.3) is 6.08 Å². The summed E-state index contributed by atoms with van der Waals surface area (Å²) in [4.78, 5) is 15.1. The van der Waals surface area contributed by atoms with Crippen molar-refractivity contribution in [3.8, 4) is 17.2 Å². The summed E-state index contributed by atoms with van der Waals surface area (Å²) in [5.41, 5.74) is 3.02. The smallest absolute Gasteiger partial charge is 0.231 e. The van der Waals surface area contributed by atoms with Crippen LogP contribution in [0.15, 0.2) is 36.1 Å². The molecule has 0 saturated carbocycles. The van der Waals surface area contributed by atoms with Gasteiger partial charge in [-0.25, -0.2) is 8.42 Å². The van der Waals surface area contributed by atoms with Gasteiger partial charge in [0.2, 0.25) is 5.78 Å². The second-order valence-electron chi connectivity index (χ2n) is 8.16. The van der Waals surface area contributed by atoms with Gasteiger partial charge in [0.15, 0.2) is 15.6 Å². The van der Waals surface area contributed by atoms with Crippen LogP contribution in [0.5, 0.6) is 17.2 Å². The van der Waals surface area contributed by atoms with E-state index in [1.54, 1.807) is 13.2 Å². The van der Waals surface area contributed by atoms with E-state index >= 15 is 0 Å². The lowest BCUT2D eigenvalue weighted by Crippen LogP contribution is -2.41. The van der Waals surface area contributed by atoms with Gasteiger partial charge >= 0.3 is 0 Å². The second kappa shape index (κ2) is 7.39. The second-order valence-corrected chi connectivity index (χ2v) is 10.4. The molecule has 3 aliphatic heterocycles. The molecule has 7 nitrogen and oxygen atoms in total. The Kier molecular flexibility index (Phi) is 4.79. The molecule has 8 heteroatoms. The number of hydrogen-bond donors (Lipinski definition) is 0. The van der Waals surface area contributed by atoms with Crippen LogP contribution in [0.3, 0.4) is 0 Å². The summed E-state index contributed by atoms with van der Waals surface area (Å²) >= 11 is 0. The van der Waals surface area contributed by atoms with Gasteiger partial charge in [0.25, 0.3) is 0 Å². The number of fused-ring (bicyclic) bond motifs is 2. The van der Waals surface area contributed by atoms with Crippen molar-refractivity contribution in [2.24, 2.45) is 0 Å². The Labute approximate surface area is 181 Å². The molecule has 2 aromatic carbocycles. The number of nitrogens with zero attached hydrogens (tertiary/aromatic N) is 1. The van der Waals surface area contributed by atoms with E-state index in [0.717, 1.165) is 22.4 Å². The van der Waals surface area contributed by atoms with Gasteiger partial charge < -0.3 is 14.2 Å². The third-order valence-corrected chi connectivity index (χ3v) is 7.85. The number of ketones is 1. The molecule has 1 fully saturated rings. The Morgan fingerprint density at radius 1 is 1.19 bits per heavy atom. The third kappa shape index (κ3) is 3.59. The Bertz CT molecular complexity index is 1200. The lowest BCUT2D eigenvalue weighted by molar-refractivity contribution is 0.0637. The van der Waals surface area contributed by atoms with E-state index in [2.05, 4.69) is 0 Å². The van der Waals surface area contributed by atoms with E-state index in [4.69, 9.17) is 14.2 Å². The summed E-state index contributed by atoms with van der Waals surface area (Å²) in [6.45, 7) is 2.76. The highest BCUT2D eigenvalue weighted by molar-refractivity contribution is 7.91. The standard InChI is InChI=1S/C23H23NO6S/c1-14-22-16(11-24(13-29-22)17-7-8-31(26,27)12-17)10-19-21(25)20(30-23(14)19)9-15-3-5-18(28-2)6-4-15/h3-6,9-10,17H,7-8,11-13H2,1-2H3/b20-9-/t17-/m0/s1. The number of ether oxygens (including phenoxy) is 3. The number of carbonyl (C=O) groups excluding carboxylic acids is 1. The van der Waals surface area contributed by atoms with E-state index in [-0.39, 0.29) is 29.1 Å². The molecule has 2 aromatic rings. The minimum Gasteiger partial charge on any atom is -0.497 e. The summed E-state index contributed by atoms with van der Waals surface area (Å²) in [7, 11) is -1.37. The first-order valence-corrected chi connectivity index (χ1v) is 12.0. The Balaban J connectivity index is 1.43. The summed E-state index contributed by atoms with van der Waals surface area (Å²) in [6, 6.07) is 9.15. The lowest BCUT2D eigenvalue weighted by Gasteiger charge is -2.33. The molecule has 162 valence electrons. The minimum absolute atomic E-state index is 0.0517. The zero-order chi connectivity index (χ0) is 21.8. The van der Waals surface area contributed by atoms with Gasteiger partial charge in [0, 0.05) is 23.7 Å². The first-order valence-electron chi connectivity index (χ1n) is 10.2. The molecule has 1 saturated heterocycles. The number of benzene rings is 2. The molecule has 0 spiro atoms. The predicted molar refractivity (Wildman–Crippen MR) is 115 cm³/mol. The number of sulfone groups is 1. The van der Waals surface area contributed by atoms with Gasteiger partial charge in [-0.15, -0.1) is 0 Å². The monoisotopic (exact) mass is 441 g/mol. The average molecular weight is 442 g/mol. The van der Waals surface area contributed by atoms with Crippen LogP contribution in [0.1, 0.15) is 33.5 Å². The van der Waals surface area contributed by atoms with Crippen molar-refractivity contribution < 1.29 is 27.4 Å². The van der Waals surface area contributed by atoms with Crippen LogP contribution in [0.4, 0.5) is 0 Å². The maximum absolute atomic E-state index is 13.0. The summed E-state index contributed by atoms with van der Waals surface area (Å²) in [6.07, 6.45) is 2.33. The quantitative estimate of drug-likeness (QED) is 0.678. The molecular formula is C23H23NO6S. The summed E-state index contributed by atoms with van der Waals surface area (Å²) in [5.74, 6) is 2.46. The number of carbonyl (C=O) groups is 1. The molecule has 0 radical (unpaired) electrons. The number of Topliss-reactive ketones (excluding diaryl/α,β-unsaturated/α-hetero) is 1. The summed E-state index contributed by atoms with van der Waals surface area (Å²) in [5, 5.41) is 0. The van der Waals surface area contributed by atoms with Crippen LogP contribution >= 0.6 is 0 Å². The van der Waals surface area contributed by atoms with Crippen molar-refractivity contribution in [3.05, 3.63) is 58.3 Å². The van der Waals surface area contributed by atoms with Crippen LogP contribution in [-0.2, 0) is 16.4 Å². The SMILES string of the molecule is COc1ccc(/C=C2\Oc3c(cc4c(c3C)OCN([C@H]3CCS(=O)(=O)C3)C4)C2=O)cc1. The van der Waals surface area contributed by atoms with Gasteiger partial charge in [-0.05, 0) is 43.2 Å². The first-order chi connectivity index (χ1) is 14.8. The van der Waals surface area contributed by atoms with Gasteiger partial charge in [-0.1, -0.05) is 12.1 Å². The molecule has 0 bridgehead atoms. The minimum atomic E-state index is -2.98. The topological polar surface area (TPSA) is 82.1 Å². The predicted octanol–water partition coefficient (Wildman–Crippen LogP) is 2.96. The van der Waals surface area contributed by atoms with Crippen molar-refractivity contribution in [3.63, 3.8) is 0 Å². The van der Waals surface area contributed by atoms with Crippen molar-refractivity contribution in [2.75, 3.05) is 25.3 Å². The number of allylic oxidation sites excluding steroid dienone is 1. The largest absolute Gasteiger partial charge is 0.497 e. The zero-order valence-electron chi connectivity index (χ0n) is 17.4. The van der Waals surface area contributed by atoms with E-state index < -0.39 is 9.84 Å². The Hall–Kier alpha value is -2.84. The number of rotatable bonds is 3. The molecular weight excluding hydrogens is 418 g/mol. The molecule has 5 rings (SSSR count). The van der Waals surface area contributed by atoms with Crippen molar-refractivity contribution in [1.29, 1.82) is 0 Å². The van der Waals surface area contributed by atoms with Crippen LogP contribution < -0.4 is 14.2 Å². The normalized spacial score (nSPS) is 23.2. The molecule has 0 N–H and O–H groups in total. The fraction of sp³-hybridized carbons (Fsp3) is 0.348. The highest BCUT2D eigenvalue weighted by Gasteiger charge is 2.37. The molecule has 0 aromatic heterocycles. The molecule has 1 atom stereocenters. The summed E-state index contributed by atoms with van der Waals surface area (Å²) < 4.78 is 40.8. The maximum Gasteiger partial charge on any atom is 0.231 e. The highest BCUT2D eigenvalue weighted by atomic mass is 32.2. The third-order valence-electron chi connectivity index (χ3n) is 6.10. The van der Waals surface area contributed by atoms with Crippen LogP contribution in [0, 0.1) is 6.92 Å². The fourth-order valence-electron chi connectivity index (χ4n) is 4.42. The van der Waals surface area contributed by atoms with E-state index in [1.807, 2.05) is 42.2 Å². The van der Waals surface area contributed by atoms with E-state index in [0.29, 0.717) is 36.8 Å². The zero-order valence-corrected chi connectivity index (χ0v) is 18.2. The van der Waals surface area contributed by atoms with Crippen LogP contribution in [0.2, 0.25) is 0 Å². The Morgan fingerprint density at radius 3 is 2.65 bits per heavy atom. The molecule has 0 unspecified atom stereocenters. The van der Waals surface area contributed by atoms with Crippen molar-refractivity contribution >= 4 is 21.7 Å². The molecule has 3 aliphatic rings. The number of methoxy groups -OCH3 is 1. The highest BCUT2D eigenvalue weighted by Crippen LogP contribution is 2.43. The maximum atomic E-state index is 13.0. The molecule has 3 heterocycles. The van der Waals surface area contributed by atoms with Gasteiger partial charge in [0.05, 0.1) is 24.2 Å². The van der Waals surface area contributed by atoms with Crippen LogP contribution in [-0.4, -0.2) is 50.5 Å². The lowest BCUT2D eigenvalue weighted by atomic mass is 9.99. The van der Waals surface area contributed by atoms with Crippen molar-refractivity contribution in [1.82, 2.24) is 4.90 Å². The first kappa shape index (κ1) is 20.1. The fourth-order valence-corrected chi connectivity index (χ4v) is 6.18. The van der Waals surface area contributed by atoms with E-state index in [9.17, 15) is 13.2 Å². The van der Waals surface area contributed by atoms with Gasteiger partial charge in [-0.2, -0.15) is 0 Å². The van der Waals surface area contributed by atoms with E-state index in [1.165, 1.54) is 0 Å². The van der Waals surface area contributed by atoms with Gasteiger partial charge in [-0.3, -0.25) is 9.69 Å². The average Bonchev–Trinajstić information content (AvgIpc) is 3.28. The van der Waals surface area contributed by atoms with Gasteiger partial charge in [0.1, 0.15) is 24.0 Å². The Morgan fingerprint density at radius 2 is 1.97 bits per heavy atom.